The number of thiocarbonyl (C=S) groups is 1. The highest BCUT2D eigenvalue weighted by Gasteiger charge is 2.26. The topological polar surface area (TPSA) is 94.7 Å². The molecule has 7 nitrogen and oxygen atoms in total. The van der Waals surface area contributed by atoms with E-state index in [1.165, 1.54) is 11.8 Å². The first-order chi connectivity index (χ1) is 9.54. The lowest BCUT2D eigenvalue weighted by Crippen LogP contribution is -2.58. The zero-order valence-electron chi connectivity index (χ0n) is 11.4. The molecule has 20 heavy (non-hydrogen) atoms. The van der Waals surface area contributed by atoms with E-state index in [0.717, 1.165) is 18.0 Å². The number of H-pyrrole nitrogens is 1. The summed E-state index contributed by atoms with van der Waals surface area (Å²) < 4.78 is 0. The summed E-state index contributed by atoms with van der Waals surface area (Å²) in [5, 5.41) is 17.0. The fourth-order valence-electron chi connectivity index (χ4n) is 1.89. The van der Waals surface area contributed by atoms with Crippen LogP contribution in [0.4, 0.5) is 0 Å². The second-order valence-electron chi connectivity index (χ2n) is 4.65. The van der Waals surface area contributed by atoms with Crippen LogP contribution in [-0.2, 0) is 4.79 Å². The van der Waals surface area contributed by atoms with Gasteiger partial charge in [0.05, 0.1) is 0 Å². The molecule has 1 aliphatic heterocycles. The van der Waals surface area contributed by atoms with E-state index in [1.807, 2.05) is 13.8 Å². The van der Waals surface area contributed by atoms with Crippen molar-refractivity contribution in [3.8, 4) is 0 Å². The smallest absolute Gasteiger partial charge is 0.242 e. The number of thioether (sulfide) groups is 1. The molecule has 0 aliphatic carbocycles. The molecule has 1 fully saturated rings. The first-order valence-electron chi connectivity index (χ1n) is 6.41. The van der Waals surface area contributed by atoms with Gasteiger partial charge in [-0.15, -0.1) is 5.10 Å². The molecule has 1 amide bonds. The minimum Gasteiger partial charge on any atom is -0.360 e. The van der Waals surface area contributed by atoms with Crippen LogP contribution in [0.25, 0.3) is 0 Å². The van der Waals surface area contributed by atoms with Crippen LogP contribution in [0.2, 0.25) is 0 Å². The summed E-state index contributed by atoms with van der Waals surface area (Å²) >= 11 is 6.56. The molecule has 9 heteroatoms. The number of aromatic nitrogens is 3. The van der Waals surface area contributed by atoms with Crippen molar-refractivity contribution in [2.45, 2.75) is 37.5 Å². The van der Waals surface area contributed by atoms with Crippen LogP contribution in [0.3, 0.4) is 0 Å². The Morgan fingerprint density at radius 1 is 1.55 bits per heavy atom. The van der Waals surface area contributed by atoms with Gasteiger partial charge in [0.2, 0.25) is 11.1 Å². The van der Waals surface area contributed by atoms with Crippen molar-refractivity contribution in [3.05, 3.63) is 5.82 Å². The second-order valence-corrected chi connectivity index (χ2v) is 6.12. The molecule has 2 atom stereocenters. The quantitative estimate of drug-likeness (QED) is 0.344. The molecule has 0 radical (unpaired) electrons. The van der Waals surface area contributed by atoms with Crippen molar-refractivity contribution < 1.29 is 4.79 Å². The van der Waals surface area contributed by atoms with Crippen molar-refractivity contribution in [1.82, 2.24) is 31.1 Å². The first-order valence-corrected chi connectivity index (χ1v) is 7.80. The lowest BCUT2D eigenvalue weighted by atomic mass is 10.1. The van der Waals surface area contributed by atoms with Crippen LogP contribution < -0.4 is 16.0 Å². The molecule has 1 aromatic heterocycles. The van der Waals surface area contributed by atoms with Gasteiger partial charge in [-0.2, -0.15) is 0 Å². The van der Waals surface area contributed by atoms with Crippen molar-refractivity contribution in [1.29, 1.82) is 0 Å². The highest BCUT2D eigenvalue weighted by molar-refractivity contribution is 7.99. The summed E-state index contributed by atoms with van der Waals surface area (Å²) in [6.07, 6.45) is 0.721. The van der Waals surface area contributed by atoms with Gasteiger partial charge in [-0.25, -0.2) is 4.98 Å². The summed E-state index contributed by atoms with van der Waals surface area (Å²) in [5.41, 5.74) is 0. The largest absolute Gasteiger partial charge is 0.360 e. The van der Waals surface area contributed by atoms with Gasteiger partial charge in [0.25, 0.3) is 0 Å². The normalized spacial score (nSPS) is 22.0. The van der Waals surface area contributed by atoms with E-state index < -0.39 is 0 Å². The number of nitrogens with zero attached hydrogens (tertiary/aromatic N) is 2. The van der Waals surface area contributed by atoms with E-state index in [4.69, 9.17) is 12.2 Å². The summed E-state index contributed by atoms with van der Waals surface area (Å²) in [4.78, 5) is 16.2. The maximum atomic E-state index is 12.0. The van der Waals surface area contributed by atoms with Gasteiger partial charge < -0.3 is 16.0 Å². The Morgan fingerprint density at radius 2 is 2.35 bits per heavy atom. The van der Waals surface area contributed by atoms with Crippen LogP contribution in [0, 0.1) is 6.92 Å². The molecule has 1 aliphatic rings. The van der Waals surface area contributed by atoms with Gasteiger partial charge >= 0.3 is 0 Å². The zero-order chi connectivity index (χ0) is 14.5. The first kappa shape index (κ1) is 15.0. The van der Waals surface area contributed by atoms with Crippen LogP contribution in [-0.4, -0.2) is 50.6 Å². The Hall–Kier alpha value is -1.35. The van der Waals surface area contributed by atoms with Crippen molar-refractivity contribution >= 4 is 35.0 Å². The highest BCUT2D eigenvalue weighted by atomic mass is 32.2. The number of aromatic amines is 1. The summed E-state index contributed by atoms with van der Waals surface area (Å²) in [6, 6.07) is -0.0420. The maximum Gasteiger partial charge on any atom is 0.242 e. The van der Waals surface area contributed by atoms with E-state index >= 15 is 0 Å². The van der Waals surface area contributed by atoms with Gasteiger partial charge in [-0.05, 0) is 32.5 Å². The van der Waals surface area contributed by atoms with Gasteiger partial charge in [0.15, 0.2) is 5.11 Å². The third-order valence-electron chi connectivity index (χ3n) is 2.80. The molecule has 0 aromatic carbocycles. The fourth-order valence-corrected chi connectivity index (χ4v) is 2.94. The lowest BCUT2D eigenvalue weighted by Gasteiger charge is -2.30. The monoisotopic (exact) mass is 314 g/mol. The highest BCUT2D eigenvalue weighted by Crippen LogP contribution is 2.10. The lowest BCUT2D eigenvalue weighted by molar-refractivity contribution is -0.123. The van der Waals surface area contributed by atoms with E-state index in [1.54, 1.807) is 0 Å². The molecule has 0 saturated carbocycles. The maximum absolute atomic E-state index is 12.0. The minimum absolute atomic E-state index is 0.0209. The number of nitrogens with one attached hydrogen (secondary N) is 4. The SMILES string of the molecule is Cc1nc(SCCNC(=O)[C@@H]2C[C@@H](C)NC(=S)N2)n[nH]1. The molecule has 4 N–H and O–H groups in total. The van der Waals surface area contributed by atoms with E-state index in [-0.39, 0.29) is 18.0 Å². The molecular weight excluding hydrogens is 296 g/mol. The molecule has 0 unspecified atom stereocenters. The zero-order valence-corrected chi connectivity index (χ0v) is 13.0. The van der Waals surface area contributed by atoms with E-state index in [9.17, 15) is 4.79 Å². The average molecular weight is 314 g/mol. The van der Waals surface area contributed by atoms with Gasteiger partial charge in [-0.3, -0.25) is 9.89 Å². The Labute approximate surface area is 127 Å². The number of amides is 1. The van der Waals surface area contributed by atoms with Crippen LogP contribution in [0.15, 0.2) is 5.16 Å². The third kappa shape index (κ3) is 4.34. The molecule has 110 valence electrons. The Bertz CT molecular complexity index is 491. The number of hydrogen-bond acceptors (Lipinski definition) is 5. The second kappa shape index (κ2) is 6.89. The summed E-state index contributed by atoms with van der Waals surface area (Å²) in [7, 11) is 0. The van der Waals surface area contributed by atoms with E-state index in [0.29, 0.717) is 16.8 Å². The van der Waals surface area contributed by atoms with Gasteiger partial charge in [-0.1, -0.05) is 11.8 Å². The minimum atomic E-state index is -0.255. The number of rotatable bonds is 5. The molecule has 2 rings (SSSR count). The van der Waals surface area contributed by atoms with Crippen LogP contribution in [0.1, 0.15) is 19.2 Å². The number of hydrogen-bond donors (Lipinski definition) is 4. The molecule has 0 bridgehead atoms. The van der Waals surface area contributed by atoms with Crippen molar-refractivity contribution in [2.75, 3.05) is 12.3 Å². The summed E-state index contributed by atoms with van der Waals surface area (Å²) in [5.74, 6) is 1.50. The predicted octanol–water partition coefficient (Wildman–Crippen LogP) is -0.0537. The molecule has 0 spiro atoms. The molecular formula is C11H18N6OS2. The van der Waals surface area contributed by atoms with Crippen LogP contribution in [0.5, 0.6) is 0 Å². The molecule has 1 saturated heterocycles. The molecule has 1 aromatic rings. The van der Waals surface area contributed by atoms with E-state index in [2.05, 4.69) is 31.1 Å². The Kier molecular flexibility index (Phi) is 5.18. The van der Waals surface area contributed by atoms with Crippen molar-refractivity contribution in [3.63, 3.8) is 0 Å². The Balaban J connectivity index is 1.68. The average Bonchev–Trinajstić information content (AvgIpc) is 2.79. The van der Waals surface area contributed by atoms with Gasteiger partial charge in [0.1, 0.15) is 11.9 Å². The predicted molar refractivity (Wildman–Crippen MR) is 81.6 cm³/mol. The molecule has 2 heterocycles. The number of carbonyl (C=O) groups is 1. The van der Waals surface area contributed by atoms with Crippen molar-refractivity contribution in [2.24, 2.45) is 0 Å². The fraction of sp³-hybridized carbons (Fsp3) is 0.636. The van der Waals surface area contributed by atoms with Gasteiger partial charge in [0, 0.05) is 18.3 Å². The number of aryl methyl sites for hydroxylation is 1. The number of carbonyl (C=O) groups excluding carboxylic acids is 1. The van der Waals surface area contributed by atoms with Crippen LogP contribution >= 0.6 is 24.0 Å². The third-order valence-corrected chi connectivity index (χ3v) is 3.88. The summed E-state index contributed by atoms with van der Waals surface area (Å²) in [6.45, 7) is 4.43. The Morgan fingerprint density at radius 3 is 3.00 bits per heavy atom. The standard InChI is InChI=1S/C11H18N6OS2/c1-6-5-8(15-10(19)13-6)9(18)12-3-4-20-11-14-7(2)16-17-11/h6,8H,3-5H2,1-2H3,(H,12,18)(H2,13,15,19)(H,14,16,17)/t6-,8+/m1/s1.